The Hall–Kier alpha value is -2.64. The zero-order valence-corrected chi connectivity index (χ0v) is 17.8. The van der Waals surface area contributed by atoms with Crippen molar-refractivity contribution in [1.29, 1.82) is 0 Å². The van der Waals surface area contributed by atoms with Gasteiger partial charge in [-0.2, -0.15) is 0 Å². The van der Waals surface area contributed by atoms with E-state index in [0.29, 0.717) is 0 Å². The average molecular weight is 426 g/mol. The highest BCUT2D eigenvalue weighted by Crippen LogP contribution is 2.61. The predicted octanol–water partition coefficient (Wildman–Crippen LogP) is 4.39. The average Bonchev–Trinajstić information content (AvgIpc) is 3.13. The zero-order valence-electron chi connectivity index (χ0n) is 16.1. The molecule has 1 unspecified atom stereocenters. The van der Waals surface area contributed by atoms with E-state index in [1.165, 1.54) is 26.0 Å². The minimum atomic E-state index is -1.05. The van der Waals surface area contributed by atoms with E-state index in [-0.39, 0.29) is 10.5 Å². The molecule has 0 saturated heterocycles. The van der Waals surface area contributed by atoms with Crippen LogP contribution in [0.3, 0.4) is 0 Å². The Morgan fingerprint density at radius 3 is 2.28 bits per heavy atom. The van der Waals surface area contributed by atoms with Crippen LogP contribution in [0, 0.1) is 0 Å². The summed E-state index contributed by atoms with van der Waals surface area (Å²) in [5, 5.41) is 3.55. The minimum absolute atomic E-state index is 0.233. The fraction of sp³-hybridized carbons (Fsp3) is 0.182. The molecule has 0 spiro atoms. The maximum atomic E-state index is 13.1. The van der Waals surface area contributed by atoms with Crippen molar-refractivity contribution < 1.29 is 19.1 Å². The summed E-state index contributed by atoms with van der Waals surface area (Å²) >= 11 is 2.80. The van der Waals surface area contributed by atoms with E-state index < -0.39 is 17.5 Å². The highest BCUT2D eigenvalue weighted by Gasteiger charge is 2.55. The van der Waals surface area contributed by atoms with Gasteiger partial charge in [0.05, 0.1) is 24.0 Å². The summed E-state index contributed by atoms with van der Waals surface area (Å²) in [5.74, 6) is -1.13. The summed E-state index contributed by atoms with van der Waals surface area (Å²) in [6, 6.07) is 17.6. The molecule has 5 nitrogen and oxygen atoms in total. The number of hydrogen-bond acceptors (Lipinski definition) is 7. The first-order valence-electron chi connectivity index (χ1n) is 8.89. The van der Waals surface area contributed by atoms with Gasteiger partial charge in [0, 0.05) is 16.8 Å². The first kappa shape index (κ1) is 19.7. The fourth-order valence-electron chi connectivity index (χ4n) is 3.87. The smallest absolute Gasteiger partial charge is 0.345 e. The van der Waals surface area contributed by atoms with Crippen molar-refractivity contribution >= 4 is 46.7 Å². The molecule has 0 saturated carbocycles. The van der Waals surface area contributed by atoms with Crippen LogP contribution in [0.1, 0.15) is 11.1 Å². The molecule has 0 fully saturated rings. The topological polar surface area (TPSA) is 64.6 Å². The van der Waals surface area contributed by atoms with Crippen molar-refractivity contribution in [2.24, 2.45) is 0 Å². The largest absolute Gasteiger partial charge is 0.466 e. The van der Waals surface area contributed by atoms with E-state index in [9.17, 15) is 9.59 Å². The highest BCUT2D eigenvalue weighted by atomic mass is 32.2. The van der Waals surface area contributed by atoms with Crippen LogP contribution in [0.4, 0.5) is 5.69 Å². The van der Waals surface area contributed by atoms with Gasteiger partial charge in [0.25, 0.3) is 0 Å². The number of thioether (sulfide) groups is 2. The van der Waals surface area contributed by atoms with E-state index in [2.05, 4.69) is 5.32 Å². The quantitative estimate of drug-likeness (QED) is 0.729. The molecule has 0 amide bonds. The van der Waals surface area contributed by atoms with Gasteiger partial charge >= 0.3 is 11.9 Å². The number of hydrogen-bond donors (Lipinski definition) is 1. The second-order valence-electron chi connectivity index (χ2n) is 6.44. The Morgan fingerprint density at radius 1 is 0.966 bits per heavy atom. The van der Waals surface area contributed by atoms with Crippen LogP contribution >= 0.6 is 23.5 Å². The van der Waals surface area contributed by atoms with E-state index in [4.69, 9.17) is 9.47 Å². The van der Waals surface area contributed by atoms with Crippen molar-refractivity contribution in [3.8, 4) is 0 Å². The van der Waals surface area contributed by atoms with Gasteiger partial charge in [-0.1, -0.05) is 60.3 Å². The van der Waals surface area contributed by atoms with E-state index in [1.807, 2.05) is 60.9 Å². The summed E-state index contributed by atoms with van der Waals surface area (Å²) in [6.45, 7) is 0. The number of fused-ring (bicyclic) bond motifs is 3. The van der Waals surface area contributed by atoms with Crippen LogP contribution in [0.15, 0.2) is 69.3 Å². The molecular weight excluding hydrogens is 406 g/mol. The van der Waals surface area contributed by atoms with Gasteiger partial charge in [-0.3, -0.25) is 0 Å². The van der Waals surface area contributed by atoms with Gasteiger partial charge in [-0.05, 0) is 17.9 Å². The molecule has 148 valence electrons. The van der Waals surface area contributed by atoms with E-state index in [1.54, 1.807) is 11.8 Å². The molecule has 1 N–H and O–H groups in total. The maximum Gasteiger partial charge on any atom is 0.345 e. The highest BCUT2D eigenvalue weighted by molar-refractivity contribution is 8.24. The number of rotatable bonds is 4. The van der Waals surface area contributed by atoms with Crippen molar-refractivity contribution in [1.82, 2.24) is 0 Å². The SMILES string of the molecule is COC(=O)C1=C(C(=O)OC)C2(c3ccccc3)Nc3ccccc3C2=C(SC)S1. The van der Waals surface area contributed by atoms with Crippen LogP contribution < -0.4 is 5.32 Å². The summed E-state index contributed by atoms with van der Waals surface area (Å²) in [6.07, 6.45) is 1.96. The number of para-hydroxylation sites is 1. The van der Waals surface area contributed by atoms with Crippen molar-refractivity contribution in [2.45, 2.75) is 5.54 Å². The number of esters is 2. The normalized spacial score (nSPS) is 20.0. The van der Waals surface area contributed by atoms with Crippen molar-refractivity contribution in [3.63, 3.8) is 0 Å². The van der Waals surface area contributed by atoms with Gasteiger partial charge in [0.1, 0.15) is 10.4 Å². The molecular formula is C22H19NO4S2. The van der Waals surface area contributed by atoms with Crippen molar-refractivity contribution in [3.05, 3.63) is 80.4 Å². The van der Waals surface area contributed by atoms with Gasteiger partial charge in [0.15, 0.2) is 0 Å². The zero-order chi connectivity index (χ0) is 20.6. The number of methoxy groups -OCH3 is 2. The third-order valence-corrected chi connectivity index (χ3v) is 7.34. The van der Waals surface area contributed by atoms with Crippen LogP contribution in [-0.2, 0) is 24.6 Å². The molecule has 7 heteroatoms. The molecule has 2 heterocycles. The Kier molecular flexibility index (Phi) is 5.19. The number of anilines is 1. The molecule has 4 rings (SSSR count). The predicted molar refractivity (Wildman–Crippen MR) is 117 cm³/mol. The van der Waals surface area contributed by atoms with Crippen molar-refractivity contribution in [2.75, 3.05) is 25.8 Å². The second kappa shape index (κ2) is 7.65. The molecule has 0 radical (unpaired) electrons. The Bertz CT molecular complexity index is 1060. The molecule has 2 aliphatic rings. The van der Waals surface area contributed by atoms with Crippen LogP contribution in [0.5, 0.6) is 0 Å². The number of carbonyl (C=O) groups is 2. The van der Waals surface area contributed by atoms with Gasteiger partial charge in [-0.15, -0.1) is 11.8 Å². The second-order valence-corrected chi connectivity index (χ2v) is 8.54. The van der Waals surface area contributed by atoms with E-state index >= 15 is 0 Å². The molecule has 0 aliphatic carbocycles. The van der Waals surface area contributed by atoms with Gasteiger partial charge in [-0.25, -0.2) is 9.59 Å². The number of carbonyl (C=O) groups excluding carboxylic acids is 2. The molecule has 0 aromatic heterocycles. The van der Waals surface area contributed by atoms with Gasteiger partial charge in [0.2, 0.25) is 0 Å². The van der Waals surface area contributed by atoms with Crippen LogP contribution in [-0.4, -0.2) is 32.4 Å². The number of nitrogens with one attached hydrogen (secondary N) is 1. The Labute approximate surface area is 177 Å². The lowest BCUT2D eigenvalue weighted by atomic mass is 9.76. The lowest BCUT2D eigenvalue weighted by Gasteiger charge is -2.38. The van der Waals surface area contributed by atoms with Crippen LogP contribution in [0.25, 0.3) is 5.57 Å². The molecule has 29 heavy (non-hydrogen) atoms. The minimum Gasteiger partial charge on any atom is -0.466 e. The third-order valence-electron chi connectivity index (χ3n) is 5.05. The maximum absolute atomic E-state index is 13.1. The summed E-state index contributed by atoms with van der Waals surface area (Å²) < 4.78 is 11.1. The third kappa shape index (κ3) is 2.88. The summed E-state index contributed by atoms with van der Waals surface area (Å²) in [7, 11) is 2.64. The fourth-order valence-corrected chi connectivity index (χ4v) is 5.98. The first-order chi connectivity index (χ1) is 14.1. The van der Waals surface area contributed by atoms with E-state index in [0.717, 1.165) is 26.6 Å². The standard InChI is InChI=1S/C22H19NO4S2/c1-26-19(24)17-18(20(25)27-2)29-21(28-3)16-14-11-7-8-12-15(14)23-22(16,17)13-9-5-4-6-10-13/h4-12,23H,1-3H3. The monoisotopic (exact) mass is 425 g/mol. The first-order valence-corrected chi connectivity index (χ1v) is 10.9. The number of ether oxygens (including phenoxy) is 2. The number of benzene rings is 2. The molecule has 2 aliphatic heterocycles. The summed E-state index contributed by atoms with van der Waals surface area (Å²) in [5.41, 5.74) is 2.88. The Morgan fingerprint density at radius 2 is 1.62 bits per heavy atom. The van der Waals surface area contributed by atoms with Gasteiger partial charge < -0.3 is 14.8 Å². The molecule has 2 aromatic carbocycles. The molecule has 1 atom stereocenters. The summed E-state index contributed by atoms with van der Waals surface area (Å²) in [4.78, 5) is 26.1. The lowest BCUT2D eigenvalue weighted by Crippen LogP contribution is -2.41. The Balaban J connectivity index is 2.13. The molecule has 2 aromatic rings. The van der Waals surface area contributed by atoms with Crippen LogP contribution in [0.2, 0.25) is 0 Å². The molecule has 0 bridgehead atoms. The lowest BCUT2D eigenvalue weighted by molar-refractivity contribution is -0.139.